The first-order valence-electron chi connectivity index (χ1n) is 7.40. The molecule has 0 spiro atoms. The number of ether oxygens (including phenoxy) is 1. The Bertz CT molecular complexity index is 463. The lowest BCUT2D eigenvalue weighted by Gasteiger charge is -2.35. The van der Waals surface area contributed by atoms with Gasteiger partial charge in [0.2, 0.25) is 0 Å². The fourth-order valence-corrected chi connectivity index (χ4v) is 2.55. The summed E-state index contributed by atoms with van der Waals surface area (Å²) in [5.41, 5.74) is 2.25. The molecule has 0 aromatic heterocycles. The van der Waals surface area contributed by atoms with E-state index >= 15 is 0 Å². The molecular weight excluding hydrogens is 266 g/mol. The first-order valence-corrected chi connectivity index (χ1v) is 7.40. The highest BCUT2D eigenvalue weighted by atomic mass is 16.5. The van der Waals surface area contributed by atoms with Crippen LogP contribution in [0.2, 0.25) is 0 Å². The van der Waals surface area contributed by atoms with Crippen molar-refractivity contribution in [3.63, 3.8) is 0 Å². The third-order valence-electron chi connectivity index (χ3n) is 3.60. The summed E-state index contributed by atoms with van der Waals surface area (Å²) in [6.07, 6.45) is 0.192. The maximum absolute atomic E-state index is 12.2. The van der Waals surface area contributed by atoms with E-state index in [0.29, 0.717) is 19.6 Å². The van der Waals surface area contributed by atoms with Crippen LogP contribution in [0.25, 0.3) is 0 Å². The molecule has 1 N–H and O–H groups in total. The Morgan fingerprint density at radius 3 is 2.33 bits per heavy atom. The van der Waals surface area contributed by atoms with Crippen molar-refractivity contribution in [1.29, 1.82) is 0 Å². The van der Waals surface area contributed by atoms with E-state index in [4.69, 9.17) is 4.74 Å². The average Bonchev–Trinajstić information content (AvgIpc) is 2.44. The molecule has 1 aromatic carbocycles. The summed E-state index contributed by atoms with van der Waals surface area (Å²) in [5, 5.41) is 2.98. The monoisotopic (exact) mass is 291 g/mol. The molecule has 1 heterocycles. The second kappa shape index (κ2) is 6.80. The molecule has 0 bridgehead atoms. The van der Waals surface area contributed by atoms with Gasteiger partial charge in [-0.3, -0.25) is 0 Å². The Balaban J connectivity index is 1.86. The maximum Gasteiger partial charge on any atom is 0.317 e. The molecule has 1 fully saturated rings. The number of nitrogens with zero attached hydrogens (tertiary/aromatic N) is 2. The summed E-state index contributed by atoms with van der Waals surface area (Å²) in [6, 6.07) is 8.18. The van der Waals surface area contributed by atoms with Gasteiger partial charge in [-0.1, -0.05) is 12.1 Å². The molecule has 0 aliphatic carbocycles. The lowest BCUT2D eigenvalue weighted by Crippen LogP contribution is -2.51. The lowest BCUT2D eigenvalue weighted by atomic mass is 10.2. The number of anilines is 1. The third-order valence-corrected chi connectivity index (χ3v) is 3.60. The molecule has 5 nitrogen and oxygen atoms in total. The Morgan fingerprint density at radius 2 is 1.81 bits per heavy atom. The van der Waals surface area contributed by atoms with Gasteiger partial charge in [0.15, 0.2) is 0 Å². The number of benzene rings is 1. The highest BCUT2D eigenvalue weighted by Crippen LogP contribution is 2.13. The zero-order chi connectivity index (χ0) is 15.4. The first kappa shape index (κ1) is 15.6. The number of amides is 2. The average molecular weight is 291 g/mol. The van der Waals surface area contributed by atoms with Crippen LogP contribution >= 0.6 is 0 Å². The van der Waals surface area contributed by atoms with Crippen molar-refractivity contribution in [2.24, 2.45) is 0 Å². The van der Waals surface area contributed by atoms with Crippen molar-refractivity contribution in [3.8, 4) is 0 Å². The molecule has 2 rings (SSSR count). The lowest BCUT2D eigenvalue weighted by molar-refractivity contribution is -0.0545. The molecule has 0 radical (unpaired) electrons. The molecule has 0 saturated carbocycles. The summed E-state index contributed by atoms with van der Waals surface area (Å²) >= 11 is 0. The standard InChI is InChI=1S/C16H25N3O2/c1-12-10-19(11-13(2)21-12)16(20)17-9-14-5-7-15(8-6-14)18(3)4/h5-8,12-13H,9-11H2,1-4H3,(H,17,20)/t12-,13+. The van der Waals surface area contributed by atoms with Crippen molar-refractivity contribution in [2.75, 3.05) is 32.1 Å². The second-order valence-electron chi connectivity index (χ2n) is 5.88. The predicted octanol–water partition coefficient (Wildman–Crippen LogP) is 2.07. The molecule has 2 atom stereocenters. The smallest absolute Gasteiger partial charge is 0.317 e. The maximum atomic E-state index is 12.2. The number of carbonyl (C=O) groups is 1. The van der Waals surface area contributed by atoms with E-state index < -0.39 is 0 Å². The molecule has 1 aromatic rings. The summed E-state index contributed by atoms with van der Waals surface area (Å²) in [4.78, 5) is 16.1. The quantitative estimate of drug-likeness (QED) is 0.927. The topological polar surface area (TPSA) is 44.8 Å². The molecule has 5 heteroatoms. The zero-order valence-electron chi connectivity index (χ0n) is 13.3. The van der Waals surface area contributed by atoms with Gasteiger partial charge in [0, 0.05) is 39.4 Å². The van der Waals surface area contributed by atoms with Gasteiger partial charge in [0.1, 0.15) is 0 Å². The molecule has 116 valence electrons. The Labute approximate surface area is 126 Å². The van der Waals surface area contributed by atoms with E-state index in [0.717, 1.165) is 11.3 Å². The van der Waals surface area contributed by atoms with Gasteiger partial charge in [0.25, 0.3) is 0 Å². The van der Waals surface area contributed by atoms with Gasteiger partial charge in [-0.05, 0) is 31.5 Å². The number of urea groups is 1. The predicted molar refractivity (Wildman–Crippen MR) is 84.6 cm³/mol. The van der Waals surface area contributed by atoms with Crippen LogP contribution in [0, 0.1) is 0 Å². The summed E-state index contributed by atoms with van der Waals surface area (Å²) in [5.74, 6) is 0. The number of rotatable bonds is 3. The number of hydrogen-bond donors (Lipinski definition) is 1. The van der Waals surface area contributed by atoms with E-state index in [1.807, 2.05) is 45.0 Å². The molecular formula is C16H25N3O2. The molecule has 1 aliphatic rings. The minimum atomic E-state index is -0.0197. The molecule has 1 aliphatic heterocycles. The van der Waals surface area contributed by atoms with E-state index in [1.54, 1.807) is 0 Å². The summed E-state index contributed by atoms with van der Waals surface area (Å²) in [6.45, 7) is 5.84. The third kappa shape index (κ3) is 4.36. The van der Waals surface area contributed by atoms with Gasteiger partial charge in [-0.2, -0.15) is 0 Å². The Morgan fingerprint density at radius 1 is 1.24 bits per heavy atom. The molecule has 2 amide bonds. The van der Waals surface area contributed by atoms with Crippen molar-refractivity contribution < 1.29 is 9.53 Å². The van der Waals surface area contributed by atoms with Crippen LogP contribution in [-0.2, 0) is 11.3 Å². The highest BCUT2D eigenvalue weighted by molar-refractivity contribution is 5.74. The fourth-order valence-electron chi connectivity index (χ4n) is 2.55. The Hall–Kier alpha value is -1.75. The van der Waals surface area contributed by atoms with Crippen LogP contribution in [0.1, 0.15) is 19.4 Å². The van der Waals surface area contributed by atoms with Crippen LogP contribution in [0.5, 0.6) is 0 Å². The van der Waals surface area contributed by atoms with Crippen molar-refractivity contribution in [3.05, 3.63) is 29.8 Å². The van der Waals surface area contributed by atoms with Gasteiger partial charge >= 0.3 is 6.03 Å². The summed E-state index contributed by atoms with van der Waals surface area (Å²) in [7, 11) is 4.02. The van der Waals surface area contributed by atoms with Gasteiger partial charge in [-0.25, -0.2) is 4.79 Å². The Kier molecular flexibility index (Phi) is 5.07. The van der Waals surface area contributed by atoms with E-state index in [9.17, 15) is 4.79 Å². The minimum Gasteiger partial charge on any atom is -0.378 e. The molecule has 21 heavy (non-hydrogen) atoms. The molecule has 0 unspecified atom stereocenters. The highest BCUT2D eigenvalue weighted by Gasteiger charge is 2.25. The van der Waals surface area contributed by atoms with Crippen LogP contribution in [-0.4, -0.2) is 50.3 Å². The van der Waals surface area contributed by atoms with Crippen LogP contribution in [0.15, 0.2) is 24.3 Å². The SMILES string of the molecule is C[C@@H]1CN(C(=O)NCc2ccc(N(C)C)cc2)C[C@H](C)O1. The number of carbonyl (C=O) groups excluding carboxylic acids is 1. The van der Waals surface area contributed by atoms with Gasteiger partial charge in [0.05, 0.1) is 12.2 Å². The van der Waals surface area contributed by atoms with Crippen LogP contribution in [0.4, 0.5) is 10.5 Å². The van der Waals surface area contributed by atoms with Gasteiger partial charge in [-0.15, -0.1) is 0 Å². The van der Waals surface area contributed by atoms with E-state index in [1.165, 1.54) is 0 Å². The van der Waals surface area contributed by atoms with Crippen molar-refractivity contribution in [2.45, 2.75) is 32.6 Å². The van der Waals surface area contributed by atoms with E-state index in [2.05, 4.69) is 22.3 Å². The van der Waals surface area contributed by atoms with Crippen molar-refractivity contribution >= 4 is 11.7 Å². The fraction of sp³-hybridized carbons (Fsp3) is 0.562. The minimum absolute atomic E-state index is 0.0197. The molecule has 1 saturated heterocycles. The zero-order valence-corrected chi connectivity index (χ0v) is 13.3. The largest absolute Gasteiger partial charge is 0.378 e. The van der Waals surface area contributed by atoms with Gasteiger partial charge < -0.3 is 19.9 Å². The number of hydrogen-bond acceptors (Lipinski definition) is 3. The van der Waals surface area contributed by atoms with Crippen LogP contribution in [0.3, 0.4) is 0 Å². The number of nitrogens with one attached hydrogen (secondary N) is 1. The number of morpholine rings is 1. The normalized spacial score (nSPS) is 22.0. The van der Waals surface area contributed by atoms with Crippen LogP contribution < -0.4 is 10.2 Å². The first-order chi connectivity index (χ1) is 9.95. The van der Waals surface area contributed by atoms with E-state index in [-0.39, 0.29) is 18.2 Å². The van der Waals surface area contributed by atoms with Crippen molar-refractivity contribution in [1.82, 2.24) is 10.2 Å². The summed E-state index contributed by atoms with van der Waals surface area (Å²) < 4.78 is 5.64. The second-order valence-corrected chi connectivity index (χ2v) is 5.88.